The van der Waals surface area contributed by atoms with E-state index < -0.39 is 0 Å². The van der Waals surface area contributed by atoms with Crippen LogP contribution in [0.15, 0.2) is 49.1 Å². The lowest BCUT2D eigenvalue weighted by atomic mass is 10.2. The summed E-state index contributed by atoms with van der Waals surface area (Å²) in [7, 11) is 0. The van der Waals surface area contributed by atoms with Crippen LogP contribution in [0.4, 0.5) is 0 Å². The summed E-state index contributed by atoms with van der Waals surface area (Å²) in [5, 5.41) is 0. The lowest BCUT2D eigenvalue weighted by molar-refractivity contribution is 0.891. The third-order valence-corrected chi connectivity index (χ3v) is 2.69. The highest BCUT2D eigenvalue weighted by Gasteiger charge is 2.08. The van der Waals surface area contributed by atoms with E-state index in [9.17, 15) is 0 Å². The summed E-state index contributed by atoms with van der Waals surface area (Å²) in [6.45, 7) is 7.97. The zero-order chi connectivity index (χ0) is 13.7. The summed E-state index contributed by atoms with van der Waals surface area (Å²) in [5.74, 6) is 2.13. The molecule has 0 atom stereocenters. The van der Waals surface area contributed by atoms with Crippen molar-refractivity contribution in [1.29, 1.82) is 0 Å². The number of aromatic nitrogens is 3. The molecule has 2 rings (SSSR count). The molecule has 1 heterocycles. The Kier molecular flexibility index (Phi) is 4.18. The van der Waals surface area contributed by atoms with Gasteiger partial charge in [0.25, 0.3) is 0 Å². The number of benzene rings is 1. The minimum atomic E-state index is 0.642. The van der Waals surface area contributed by atoms with Crippen LogP contribution in [0, 0.1) is 0 Å². The molecule has 0 radical (unpaired) electrons. The molecule has 1 aromatic heterocycles. The van der Waals surface area contributed by atoms with E-state index in [2.05, 4.69) is 21.5 Å². The molecule has 3 nitrogen and oxygen atoms in total. The summed E-state index contributed by atoms with van der Waals surface area (Å²) in [6.07, 6.45) is 4.61. The Morgan fingerprint density at radius 1 is 1.16 bits per heavy atom. The van der Waals surface area contributed by atoms with Gasteiger partial charge in [-0.25, -0.2) is 15.0 Å². The Bertz CT molecular complexity index is 601. The highest BCUT2D eigenvalue weighted by Crippen LogP contribution is 2.17. The van der Waals surface area contributed by atoms with Gasteiger partial charge in [-0.05, 0) is 6.92 Å². The van der Waals surface area contributed by atoms with Gasteiger partial charge in [-0.15, -0.1) is 0 Å². The molecule has 19 heavy (non-hydrogen) atoms. The highest BCUT2D eigenvalue weighted by molar-refractivity contribution is 5.68. The smallest absolute Gasteiger partial charge is 0.163 e. The van der Waals surface area contributed by atoms with Crippen molar-refractivity contribution in [3.8, 4) is 11.4 Å². The fourth-order valence-electron chi connectivity index (χ4n) is 1.71. The second-order valence-corrected chi connectivity index (χ2v) is 4.14. The van der Waals surface area contributed by atoms with Crippen molar-refractivity contribution in [2.45, 2.75) is 20.3 Å². The van der Waals surface area contributed by atoms with Crippen molar-refractivity contribution in [2.24, 2.45) is 0 Å². The summed E-state index contributed by atoms with van der Waals surface area (Å²) in [4.78, 5) is 13.4. The van der Waals surface area contributed by atoms with Gasteiger partial charge in [0, 0.05) is 17.6 Å². The number of aryl methyl sites for hydroxylation is 1. The number of hydrogen-bond donors (Lipinski definition) is 0. The largest absolute Gasteiger partial charge is 0.213 e. The Morgan fingerprint density at radius 2 is 1.89 bits per heavy atom. The first-order valence-corrected chi connectivity index (χ1v) is 6.37. The predicted octanol–water partition coefficient (Wildman–Crippen LogP) is 3.69. The van der Waals surface area contributed by atoms with Gasteiger partial charge in [0.2, 0.25) is 0 Å². The number of allylic oxidation sites excluding steroid dienone is 3. The van der Waals surface area contributed by atoms with Crippen molar-refractivity contribution in [3.63, 3.8) is 0 Å². The van der Waals surface area contributed by atoms with Crippen LogP contribution in [0.1, 0.15) is 25.5 Å². The normalized spacial score (nSPS) is 10.8. The predicted molar refractivity (Wildman–Crippen MR) is 78.5 cm³/mol. The maximum absolute atomic E-state index is 4.50. The standard InChI is InChI=1S/C16H17N3/c1-4-9-12(3)15-17-14(5-2)18-16(19-15)13-10-7-6-8-11-13/h4,6-11H,3,5H2,1-2H3/b9-4-. The molecule has 3 heteroatoms. The van der Waals surface area contributed by atoms with Crippen molar-refractivity contribution in [3.05, 3.63) is 60.7 Å². The van der Waals surface area contributed by atoms with E-state index in [0.717, 1.165) is 23.4 Å². The molecule has 96 valence electrons. The van der Waals surface area contributed by atoms with Crippen molar-refractivity contribution < 1.29 is 0 Å². The first kappa shape index (κ1) is 13.1. The van der Waals surface area contributed by atoms with Crippen molar-refractivity contribution >= 4 is 5.57 Å². The molecule has 0 aliphatic carbocycles. The van der Waals surface area contributed by atoms with Gasteiger partial charge >= 0.3 is 0 Å². The summed E-state index contributed by atoms with van der Waals surface area (Å²) in [6, 6.07) is 9.93. The topological polar surface area (TPSA) is 38.7 Å². The average molecular weight is 251 g/mol. The van der Waals surface area contributed by atoms with Crippen LogP contribution in [0.3, 0.4) is 0 Å². The van der Waals surface area contributed by atoms with Gasteiger partial charge in [-0.1, -0.05) is 56.0 Å². The quantitative estimate of drug-likeness (QED) is 0.778. The van der Waals surface area contributed by atoms with Gasteiger partial charge in [0.1, 0.15) is 5.82 Å². The van der Waals surface area contributed by atoms with Crippen LogP contribution in [-0.2, 0) is 6.42 Å². The lowest BCUT2D eigenvalue weighted by Gasteiger charge is -2.06. The molecule has 1 aromatic carbocycles. The number of hydrogen-bond acceptors (Lipinski definition) is 3. The van der Waals surface area contributed by atoms with E-state index in [1.165, 1.54) is 0 Å². The Labute approximate surface area is 113 Å². The first-order valence-electron chi connectivity index (χ1n) is 6.37. The minimum absolute atomic E-state index is 0.642. The van der Waals surface area contributed by atoms with E-state index in [4.69, 9.17) is 0 Å². The maximum Gasteiger partial charge on any atom is 0.163 e. The summed E-state index contributed by atoms with van der Waals surface area (Å²) >= 11 is 0. The molecule has 0 N–H and O–H groups in total. The molecule has 0 saturated carbocycles. The molecule has 0 aliphatic heterocycles. The van der Waals surface area contributed by atoms with Crippen LogP contribution in [0.2, 0.25) is 0 Å². The zero-order valence-corrected chi connectivity index (χ0v) is 11.3. The fraction of sp³-hybridized carbons (Fsp3) is 0.188. The van der Waals surface area contributed by atoms with Crippen LogP contribution in [0.25, 0.3) is 17.0 Å². The van der Waals surface area contributed by atoms with E-state index in [1.807, 2.05) is 56.3 Å². The van der Waals surface area contributed by atoms with Crippen LogP contribution in [0.5, 0.6) is 0 Å². The van der Waals surface area contributed by atoms with E-state index in [1.54, 1.807) is 0 Å². The summed E-state index contributed by atoms with van der Waals surface area (Å²) in [5.41, 5.74) is 1.80. The van der Waals surface area contributed by atoms with Crippen LogP contribution in [-0.4, -0.2) is 15.0 Å². The number of rotatable bonds is 4. The second kappa shape index (κ2) is 6.05. The van der Waals surface area contributed by atoms with Gasteiger partial charge in [-0.3, -0.25) is 0 Å². The van der Waals surface area contributed by atoms with Gasteiger partial charge in [0.15, 0.2) is 11.6 Å². The van der Waals surface area contributed by atoms with Crippen molar-refractivity contribution in [1.82, 2.24) is 15.0 Å². The molecule has 0 fully saturated rings. The third kappa shape index (κ3) is 3.13. The molecular weight excluding hydrogens is 234 g/mol. The van der Waals surface area contributed by atoms with Crippen molar-refractivity contribution in [2.75, 3.05) is 0 Å². The minimum Gasteiger partial charge on any atom is -0.213 e. The van der Waals surface area contributed by atoms with E-state index >= 15 is 0 Å². The molecule has 2 aromatic rings. The molecule has 0 bridgehead atoms. The van der Waals surface area contributed by atoms with Gasteiger partial charge in [-0.2, -0.15) is 0 Å². The second-order valence-electron chi connectivity index (χ2n) is 4.14. The Hall–Kier alpha value is -2.29. The monoisotopic (exact) mass is 251 g/mol. The van der Waals surface area contributed by atoms with E-state index in [0.29, 0.717) is 11.6 Å². The molecule has 0 amide bonds. The van der Waals surface area contributed by atoms with Crippen LogP contribution >= 0.6 is 0 Å². The lowest BCUT2D eigenvalue weighted by Crippen LogP contribution is -2.03. The number of nitrogens with zero attached hydrogens (tertiary/aromatic N) is 3. The van der Waals surface area contributed by atoms with Gasteiger partial charge in [0.05, 0.1) is 0 Å². The highest BCUT2D eigenvalue weighted by atomic mass is 15.0. The molecule has 0 spiro atoms. The Balaban J connectivity index is 2.51. The molecular formula is C16H17N3. The first-order chi connectivity index (χ1) is 9.24. The SMILES string of the molecule is C=C(/C=C\C)c1nc(CC)nc(-c2ccccc2)n1. The third-order valence-electron chi connectivity index (χ3n) is 2.69. The molecule has 0 aliphatic rings. The summed E-state index contributed by atoms with van der Waals surface area (Å²) < 4.78 is 0. The Morgan fingerprint density at radius 3 is 2.53 bits per heavy atom. The molecule has 0 unspecified atom stereocenters. The van der Waals surface area contributed by atoms with Crippen LogP contribution < -0.4 is 0 Å². The fourth-order valence-corrected chi connectivity index (χ4v) is 1.71. The zero-order valence-electron chi connectivity index (χ0n) is 11.3. The van der Waals surface area contributed by atoms with E-state index in [-0.39, 0.29) is 0 Å². The van der Waals surface area contributed by atoms with Gasteiger partial charge < -0.3 is 0 Å². The maximum atomic E-state index is 4.50. The molecule has 0 saturated heterocycles. The average Bonchev–Trinajstić information content (AvgIpc) is 2.48.